The number of nitrogens with zero attached hydrogens (tertiary/aromatic N) is 3. The Morgan fingerprint density at radius 2 is 1.92 bits per heavy atom. The van der Waals surface area contributed by atoms with Gasteiger partial charge in [-0.1, -0.05) is 11.6 Å². The summed E-state index contributed by atoms with van der Waals surface area (Å²) in [5, 5.41) is 10.8. The third-order valence-electron chi connectivity index (χ3n) is 4.20. The molecule has 0 aliphatic heterocycles. The summed E-state index contributed by atoms with van der Waals surface area (Å²) in [4.78, 5) is 21.8. The molecule has 0 aliphatic rings. The summed E-state index contributed by atoms with van der Waals surface area (Å²) in [6.45, 7) is 9.57. The average molecular weight is 323 g/mol. The van der Waals surface area contributed by atoms with Crippen molar-refractivity contribution < 1.29 is 4.79 Å². The van der Waals surface area contributed by atoms with Crippen LogP contribution in [0.2, 0.25) is 0 Å². The number of fused-ring (bicyclic) bond motifs is 1. The van der Waals surface area contributed by atoms with Crippen molar-refractivity contribution in [2.75, 3.05) is 0 Å². The summed E-state index contributed by atoms with van der Waals surface area (Å²) < 4.78 is 0. The lowest BCUT2D eigenvalue weighted by atomic mass is 9.99. The Labute approximate surface area is 140 Å². The van der Waals surface area contributed by atoms with Crippen LogP contribution in [0.15, 0.2) is 18.2 Å². The Balaban J connectivity index is 2.02. The van der Waals surface area contributed by atoms with Gasteiger partial charge in [0, 0.05) is 11.1 Å². The summed E-state index contributed by atoms with van der Waals surface area (Å²) in [6, 6.07) is 5.68. The van der Waals surface area contributed by atoms with Gasteiger partial charge in [-0.25, -0.2) is 4.98 Å². The molecule has 1 atom stereocenters. The number of aromatic nitrogens is 4. The quantitative estimate of drug-likeness (QED) is 0.776. The Morgan fingerprint density at radius 1 is 1.17 bits per heavy atom. The Kier molecular flexibility index (Phi) is 4.05. The number of pyridine rings is 1. The van der Waals surface area contributed by atoms with Crippen molar-refractivity contribution in [2.24, 2.45) is 0 Å². The number of hydrogen-bond donors (Lipinski definition) is 2. The molecule has 2 N–H and O–H groups in total. The number of hydrogen-bond acceptors (Lipinski definition) is 4. The van der Waals surface area contributed by atoms with E-state index in [4.69, 9.17) is 0 Å². The zero-order valence-electron chi connectivity index (χ0n) is 14.6. The molecule has 0 spiro atoms. The average Bonchev–Trinajstić information content (AvgIpc) is 2.95. The lowest BCUT2D eigenvalue weighted by Crippen LogP contribution is -2.28. The topological polar surface area (TPSA) is 83.6 Å². The van der Waals surface area contributed by atoms with Crippen LogP contribution in [-0.4, -0.2) is 26.1 Å². The van der Waals surface area contributed by atoms with Crippen molar-refractivity contribution in [3.63, 3.8) is 0 Å². The highest BCUT2D eigenvalue weighted by Gasteiger charge is 2.20. The maximum atomic E-state index is 12.9. The third kappa shape index (κ3) is 2.87. The molecule has 124 valence electrons. The van der Waals surface area contributed by atoms with Gasteiger partial charge in [-0.2, -0.15) is 5.10 Å². The molecule has 3 aromatic rings. The predicted octanol–water partition coefficient (Wildman–Crippen LogP) is 3.08. The zero-order chi connectivity index (χ0) is 17.4. The Morgan fingerprint density at radius 3 is 2.58 bits per heavy atom. The summed E-state index contributed by atoms with van der Waals surface area (Å²) >= 11 is 0. The van der Waals surface area contributed by atoms with E-state index in [1.165, 1.54) is 0 Å². The normalized spacial score (nSPS) is 12.4. The number of carbonyl (C=O) groups is 1. The standard InChI is InChI=1S/C18H21N5O/c1-9-6-7-15-14(8-9)16(10(2)11(3)19-15)18(24)20-12(4)17-21-13(5)22-23-17/h6-8,12H,1-5H3,(H,20,24)(H,21,22,23)/t12-/m0/s1. The van der Waals surface area contributed by atoms with E-state index in [0.717, 1.165) is 33.5 Å². The molecule has 0 saturated carbocycles. The van der Waals surface area contributed by atoms with Crippen molar-refractivity contribution >= 4 is 16.8 Å². The molecule has 1 aromatic carbocycles. The molecular formula is C18H21N5O. The Hall–Kier alpha value is -2.76. The van der Waals surface area contributed by atoms with Gasteiger partial charge in [-0.15, -0.1) is 0 Å². The molecule has 6 nitrogen and oxygen atoms in total. The first kappa shape index (κ1) is 16.1. The molecule has 24 heavy (non-hydrogen) atoms. The summed E-state index contributed by atoms with van der Waals surface area (Å²) in [6.07, 6.45) is 0. The number of aryl methyl sites for hydroxylation is 3. The molecule has 0 radical (unpaired) electrons. The second-order valence-corrected chi connectivity index (χ2v) is 6.19. The van der Waals surface area contributed by atoms with Crippen LogP contribution in [0.3, 0.4) is 0 Å². The van der Waals surface area contributed by atoms with E-state index in [1.807, 2.05) is 52.8 Å². The number of H-pyrrole nitrogens is 1. The van der Waals surface area contributed by atoms with Crippen molar-refractivity contribution in [2.45, 2.75) is 40.7 Å². The van der Waals surface area contributed by atoms with E-state index in [-0.39, 0.29) is 11.9 Å². The van der Waals surface area contributed by atoms with E-state index in [1.54, 1.807) is 0 Å². The van der Waals surface area contributed by atoms with Crippen LogP contribution in [-0.2, 0) is 0 Å². The minimum absolute atomic E-state index is 0.136. The van der Waals surface area contributed by atoms with Gasteiger partial charge in [0.2, 0.25) is 0 Å². The second-order valence-electron chi connectivity index (χ2n) is 6.19. The fourth-order valence-electron chi connectivity index (χ4n) is 2.77. The van der Waals surface area contributed by atoms with E-state index < -0.39 is 0 Å². The van der Waals surface area contributed by atoms with Crippen molar-refractivity contribution in [3.8, 4) is 0 Å². The van der Waals surface area contributed by atoms with Crippen molar-refractivity contribution in [1.29, 1.82) is 0 Å². The summed E-state index contributed by atoms with van der Waals surface area (Å²) in [5.41, 5.74) is 4.34. The van der Waals surface area contributed by atoms with Gasteiger partial charge in [-0.05, 0) is 52.3 Å². The van der Waals surface area contributed by atoms with E-state index >= 15 is 0 Å². The molecule has 2 heterocycles. The highest BCUT2D eigenvalue weighted by Crippen LogP contribution is 2.24. The highest BCUT2D eigenvalue weighted by atomic mass is 16.1. The van der Waals surface area contributed by atoms with E-state index in [9.17, 15) is 4.79 Å². The van der Waals surface area contributed by atoms with Crippen LogP contribution < -0.4 is 5.32 Å². The fourth-order valence-corrected chi connectivity index (χ4v) is 2.77. The summed E-state index contributed by atoms with van der Waals surface area (Å²) in [7, 11) is 0. The molecule has 0 aliphatic carbocycles. The van der Waals surface area contributed by atoms with Crippen molar-refractivity contribution in [1.82, 2.24) is 25.5 Å². The maximum absolute atomic E-state index is 12.9. The van der Waals surface area contributed by atoms with Gasteiger partial charge in [0.05, 0.1) is 17.1 Å². The number of amides is 1. The number of carbonyl (C=O) groups excluding carboxylic acids is 1. The molecule has 3 rings (SSSR count). The van der Waals surface area contributed by atoms with Crippen LogP contribution in [0.5, 0.6) is 0 Å². The van der Waals surface area contributed by atoms with Crippen LogP contribution in [0.1, 0.15) is 51.8 Å². The van der Waals surface area contributed by atoms with Crippen molar-refractivity contribution in [3.05, 3.63) is 52.2 Å². The number of benzene rings is 1. The van der Waals surface area contributed by atoms with E-state index in [0.29, 0.717) is 11.4 Å². The number of rotatable bonds is 3. The summed E-state index contributed by atoms with van der Waals surface area (Å²) in [5.74, 6) is 1.16. The molecule has 0 unspecified atom stereocenters. The van der Waals surface area contributed by atoms with Crippen LogP contribution >= 0.6 is 0 Å². The predicted molar refractivity (Wildman–Crippen MR) is 93.0 cm³/mol. The van der Waals surface area contributed by atoms with Gasteiger partial charge in [0.25, 0.3) is 5.91 Å². The van der Waals surface area contributed by atoms with Gasteiger partial charge in [0.15, 0.2) is 5.82 Å². The lowest BCUT2D eigenvalue weighted by Gasteiger charge is -2.15. The minimum atomic E-state index is -0.282. The highest BCUT2D eigenvalue weighted by molar-refractivity contribution is 6.07. The molecular weight excluding hydrogens is 302 g/mol. The lowest BCUT2D eigenvalue weighted by molar-refractivity contribution is 0.0939. The smallest absolute Gasteiger partial charge is 0.252 e. The molecule has 6 heteroatoms. The number of aromatic amines is 1. The second kappa shape index (κ2) is 6.03. The maximum Gasteiger partial charge on any atom is 0.252 e. The van der Waals surface area contributed by atoms with Crippen LogP contribution in [0.25, 0.3) is 10.9 Å². The molecule has 0 saturated heterocycles. The fraction of sp³-hybridized carbons (Fsp3) is 0.333. The SMILES string of the molecule is Cc1ccc2nc(C)c(C)c(C(=O)N[C@@H](C)c3n[nH]c(C)n3)c2c1. The van der Waals surface area contributed by atoms with Gasteiger partial charge in [-0.3, -0.25) is 14.9 Å². The van der Waals surface area contributed by atoms with Gasteiger partial charge < -0.3 is 5.32 Å². The van der Waals surface area contributed by atoms with E-state index in [2.05, 4.69) is 25.5 Å². The first-order valence-electron chi connectivity index (χ1n) is 7.94. The molecule has 1 amide bonds. The number of nitrogens with one attached hydrogen (secondary N) is 2. The van der Waals surface area contributed by atoms with Gasteiger partial charge in [0.1, 0.15) is 5.82 Å². The zero-order valence-corrected chi connectivity index (χ0v) is 14.6. The molecule has 2 aromatic heterocycles. The first-order chi connectivity index (χ1) is 11.4. The first-order valence-corrected chi connectivity index (χ1v) is 7.94. The molecule has 0 bridgehead atoms. The monoisotopic (exact) mass is 323 g/mol. The minimum Gasteiger partial charge on any atom is -0.342 e. The largest absolute Gasteiger partial charge is 0.342 e. The van der Waals surface area contributed by atoms with Gasteiger partial charge >= 0.3 is 0 Å². The van der Waals surface area contributed by atoms with Crippen LogP contribution in [0.4, 0.5) is 0 Å². The third-order valence-corrected chi connectivity index (χ3v) is 4.20. The van der Waals surface area contributed by atoms with Crippen LogP contribution in [0, 0.1) is 27.7 Å². The Bertz CT molecular complexity index is 929. The molecule has 0 fully saturated rings.